The third-order valence-electron chi connectivity index (χ3n) is 15.2. The van der Waals surface area contributed by atoms with Crippen LogP contribution in [0.3, 0.4) is 0 Å². The van der Waals surface area contributed by atoms with Crippen molar-refractivity contribution < 1.29 is 0 Å². The van der Waals surface area contributed by atoms with Crippen molar-refractivity contribution in [1.82, 2.24) is 0 Å². The first-order valence-corrected chi connectivity index (χ1v) is 24.9. The first-order valence-electron chi connectivity index (χ1n) is 24.9. The summed E-state index contributed by atoms with van der Waals surface area (Å²) in [6, 6.07) is 85.7. The van der Waals surface area contributed by atoms with Crippen LogP contribution in [0.4, 0.5) is 0 Å². The maximum Gasteiger partial charge on any atom is 0.0718 e. The van der Waals surface area contributed by atoms with E-state index in [9.17, 15) is 0 Å². The summed E-state index contributed by atoms with van der Waals surface area (Å²) < 4.78 is 0. The third-order valence-corrected chi connectivity index (χ3v) is 15.2. The van der Waals surface area contributed by atoms with Gasteiger partial charge in [-0.05, 0) is 161 Å². The molecule has 0 aromatic heterocycles. The number of hydrogen-bond acceptors (Lipinski definition) is 1. The number of rotatable bonds is 6. The second kappa shape index (κ2) is 17.6. The average molecular weight is 894 g/mol. The van der Waals surface area contributed by atoms with Crippen LogP contribution in [0.5, 0.6) is 0 Å². The fraction of sp³-hybridized carbons (Fsp3) is 0.0870. The fourth-order valence-corrected chi connectivity index (χ4v) is 11.6. The number of hydrogen-bond donors (Lipinski definition) is 0. The lowest BCUT2D eigenvalue weighted by Gasteiger charge is -2.21. The summed E-state index contributed by atoms with van der Waals surface area (Å²) in [6.45, 7) is 2.31. The Labute approximate surface area is 410 Å². The molecule has 1 unspecified atom stereocenters. The molecular weight excluding hydrogens is 843 g/mol. The molecule has 332 valence electrons. The van der Waals surface area contributed by atoms with Crippen LogP contribution in [-0.2, 0) is 6.42 Å². The van der Waals surface area contributed by atoms with Crippen molar-refractivity contribution >= 4 is 60.1 Å². The summed E-state index contributed by atoms with van der Waals surface area (Å²) in [5, 5.41) is 10.1. The Morgan fingerprint density at radius 2 is 1.00 bits per heavy atom. The summed E-state index contributed by atoms with van der Waals surface area (Å²) >= 11 is 0. The second-order valence-electron chi connectivity index (χ2n) is 19.3. The van der Waals surface area contributed by atoms with Crippen molar-refractivity contribution in [2.45, 2.75) is 38.5 Å². The first kappa shape index (κ1) is 41.8. The summed E-state index contributed by atoms with van der Waals surface area (Å²) in [6.07, 6.45) is 6.27. The number of aryl methyl sites for hydroxylation is 1. The Balaban J connectivity index is 0.988. The van der Waals surface area contributed by atoms with Crippen molar-refractivity contribution in [3.63, 3.8) is 0 Å². The van der Waals surface area contributed by atoms with E-state index in [0.717, 1.165) is 42.7 Å². The average Bonchev–Trinajstić information content (AvgIpc) is 3.59. The van der Waals surface area contributed by atoms with Crippen LogP contribution in [0.15, 0.2) is 247 Å². The van der Waals surface area contributed by atoms with Crippen molar-refractivity contribution in [3.05, 3.63) is 276 Å². The van der Waals surface area contributed by atoms with Crippen LogP contribution >= 0.6 is 0 Å². The zero-order chi connectivity index (χ0) is 46.5. The number of aliphatic imine (C=N–C) groups is 1. The lowest BCUT2D eigenvalue weighted by molar-refractivity contribution is 0.727. The van der Waals surface area contributed by atoms with Gasteiger partial charge in [0.1, 0.15) is 0 Å². The predicted molar refractivity (Wildman–Crippen MR) is 299 cm³/mol. The van der Waals surface area contributed by atoms with Crippen LogP contribution < -0.4 is 0 Å². The molecule has 70 heavy (non-hydrogen) atoms. The molecular formula is C69H51N. The van der Waals surface area contributed by atoms with E-state index in [4.69, 9.17) is 4.99 Å². The zero-order valence-electron chi connectivity index (χ0n) is 39.4. The van der Waals surface area contributed by atoms with Crippen LogP contribution in [-0.4, -0.2) is 5.71 Å². The van der Waals surface area contributed by atoms with E-state index in [-0.39, 0.29) is 0 Å². The number of nitrogens with zero attached hydrogens (tertiary/aromatic N) is 1. The zero-order valence-corrected chi connectivity index (χ0v) is 39.4. The van der Waals surface area contributed by atoms with Gasteiger partial charge in [0.25, 0.3) is 0 Å². The largest absolute Gasteiger partial charge is 0.252 e. The van der Waals surface area contributed by atoms with Crippen molar-refractivity contribution in [1.29, 1.82) is 0 Å². The lowest BCUT2D eigenvalue weighted by atomic mass is 9.83. The highest BCUT2D eigenvalue weighted by molar-refractivity contribution is 6.28. The van der Waals surface area contributed by atoms with Gasteiger partial charge in [0, 0.05) is 17.2 Å². The Morgan fingerprint density at radius 3 is 1.83 bits per heavy atom. The number of allylic oxidation sites excluding steroid dienone is 3. The molecule has 1 atom stereocenters. The van der Waals surface area contributed by atoms with E-state index in [2.05, 4.69) is 244 Å². The SMILES string of the molecule is C/C1=C(c2ccc(-c3ccccc3)cc2)/C=C(c2cccc3c4ccccc4c4cc(-c5ccc6c(c5)-c5ccccc5CCC6c5ccc6ccccc6c5)ccc4c23)\N=C(\c2ccccc2)CC1. The molecule has 11 aromatic carbocycles. The van der Waals surface area contributed by atoms with E-state index >= 15 is 0 Å². The molecule has 11 aromatic rings. The molecule has 1 heteroatoms. The molecule has 0 amide bonds. The van der Waals surface area contributed by atoms with Crippen LogP contribution in [0, 0.1) is 0 Å². The molecule has 0 fully saturated rings. The normalized spacial score (nSPS) is 17.5. The van der Waals surface area contributed by atoms with Gasteiger partial charge in [0.05, 0.1) is 5.70 Å². The molecule has 0 radical (unpaired) electrons. The molecule has 0 saturated heterocycles. The molecule has 1 heterocycles. The number of fused-ring (bicyclic) bond motifs is 10. The monoisotopic (exact) mass is 893 g/mol. The minimum atomic E-state index is 0.298. The van der Waals surface area contributed by atoms with Gasteiger partial charge in [-0.15, -0.1) is 0 Å². The van der Waals surface area contributed by atoms with Gasteiger partial charge in [-0.2, -0.15) is 0 Å². The Kier molecular flexibility index (Phi) is 10.5. The Morgan fingerprint density at radius 1 is 0.386 bits per heavy atom. The van der Waals surface area contributed by atoms with Crippen molar-refractivity contribution in [3.8, 4) is 33.4 Å². The quantitative estimate of drug-likeness (QED) is 0.148. The van der Waals surface area contributed by atoms with Gasteiger partial charge in [0.2, 0.25) is 0 Å². The van der Waals surface area contributed by atoms with Gasteiger partial charge < -0.3 is 0 Å². The summed E-state index contributed by atoms with van der Waals surface area (Å²) in [5.41, 5.74) is 20.0. The van der Waals surface area contributed by atoms with Gasteiger partial charge in [-0.3, -0.25) is 4.99 Å². The minimum Gasteiger partial charge on any atom is -0.252 e. The smallest absolute Gasteiger partial charge is 0.0718 e. The van der Waals surface area contributed by atoms with E-state index < -0.39 is 0 Å². The van der Waals surface area contributed by atoms with Gasteiger partial charge >= 0.3 is 0 Å². The molecule has 0 spiro atoms. The highest BCUT2D eigenvalue weighted by Crippen LogP contribution is 2.46. The van der Waals surface area contributed by atoms with Crippen LogP contribution in [0.2, 0.25) is 0 Å². The summed E-state index contributed by atoms with van der Waals surface area (Å²) in [4.78, 5) is 5.71. The molecule has 1 nitrogen and oxygen atoms in total. The van der Waals surface area contributed by atoms with Crippen LogP contribution in [0.25, 0.3) is 87.7 Å². The predicted octanol–water partition coefficient (Wildman–Crippen LogP) is 18.5. The van der Waals surface area contributed by atoms with Crippen molar-refractivity contribution in [2.75, 3.05) is 0 Å². The lowest BCUT2D eigenvalue weighted by Crippen LogP contribution is -2.05. The molecule has 2 aliphatic rings. The molecule has 1 aliphatic heterocycles. The highest BCUT2D eigenvalue weighted by Gasteiger charge is 2.25. The van der Waals surface area contributed by atoms with Gasteiger partial charge in [0.15, 0.2) is 0 Å². The fourth-order valence-electron chi connectivity index (χ4n) is 11.6. The molecule has 13 rings (SSSR count). The Hall–Kier alpha value is -8.39. The van der Waals surface area contributed by atoms with Crippen LogP contribution in [0.1, 0.15) is 65.5 Å². The van der Waals surface area contributed by atoms with E-state index in [1.165, 1.54) is 115 Å². The molecule has 0 N–H and O–H groups in total. The summed E-state index contributed by atoms with van der Waals surface area (Å²) in [5.74, 6) is 0.298. The van der Waals surface area contributed by atoms with E-state index in [0.29, 0.717) is 5.92 Å². The van der Waals surface area contributed by atoms with Gasteiger partial charge in [-0.1, -0.05) is 224 Å². The van der Waals surface area contributed by atoms with E-state index in [1.54, 1.807) is 0 Å². The van der Waals surface area contributed by atoms with E-state index in [1.807, 2.05) is 0 Å². The minimum absolute atomic E-state index is 0.298. The molecule has 0 bridgehead atoms. The standard InChI is InChI=1S/C69H51N/c1-45-27-40-67(51-19-6-3-7-20-51)70-68(44-64(45)50-31-28-48(29-32-50)46-15-4-2-5-16-46)63-26-14-25-61-58-23-12-13-24-59(58)66-43-54(36-39-62(66)69(61)63)53-35-38-60-57(55-33-30-47-17-8-9-21-52(47)41-55)37-34-49-18-10-11-22-56(49)65(60)42-53/h2-26,28-33,35-36,38-39,41-44,57H,27,34,37,40H2,1H3/b64-45+,68-44-,70-67+. The third kappa shape index (κ3) is 7.47. The molecule has 1 aliphatic carbocycles. The molecule has 0 saturated carbocycles. The maximum atomic E-state index is 5.71. The van der Waals surface area contributed by atoms with Crippen molar-refractivity contribution in [2.24, 2.45) is 4.99 Å². The topological polar surface area (TPSA) is 12.4 Å². The highest BCUT2D eigenvalue weighted by atomic mass is 14.8. The summed E-state index contributed by atoms with van der Waals surface area (Å²) in [7, 11) is 0. The number of benzene rings is 11. The second-order valence-corrected chi connectivity index (χ2v) is 19.3. The first-order chi connectivity index (χ1) is 34.6. The Bertz CT molecular complexity index is 3930. The maximum absolute atomic E-state index is 5.71. The van der Waals surface area contributed by atoms with Gasteiger partial charge in [-0.25, -0.2) is 0 Å².